The van der Waals surface area contributed by atoms with Gasteiger partial charge in [-0.05, 0) is 72.1 Å². The van der Waals surface area contributed by atoms with Crippen LogP contribution in [-0.2, 0) is 23.9 Å². The Morgan fingerprint density at radius 3 is 2.47 bits per heavy atom. The molecule has 0 aromatic heterocycles. The van der Waals surface area contributed by atoms with Gasteiger partial charge in [0.2, 0.25) is 11.8 Å². The van der Waals surface area contributed by atoms with E-state index in [0.717, 1.165) is 12.8 Å². The molecule has 3 rings (SSSR count). The summed E-state index contributed by atoms with van der Waals surface area (Å²) in [5.74, 6) is -2.42. The number of hydrogen-bond donors (Lipinski definition) is 1. The smallest absolute Gasteiger partial charge is 0.312 e. The van der Waals surface area contributed by atoms with E-state index in [-0.39, 0.29) is 30.9 Å². The fourth-order valence-corrected chi connectivity index (χ4v) is 6.84. The number of aliphatic hydroxyl groups is 1. The summed E-state index contributed by atoms with van der Waals surface area (Å²) in [7, 11) is 0. The van der Waals surface area contributed by atoms with Crippen molar-refractivity contribution in [1.29, 1.82) is 0 Å². The van der Waals surface area contributed by atoms with Crippen molar-refractivity contribution in [2.45, 2.75) is 109 Å². The number of ether oxygens (including phenoxy) is 2. The van der Waals surface area contributed by atoms with Gasteiger partial charge in [0.1, 0.15) is 17.6 Å². The number of rotatable bonds is 13. The molecule has 38 heavy (non-hydrogen) atoms. The number of nitrogens with zero attached hydrogens (tertiary/aromatic N) is 2. The molecule has 2 amide bonds. The third-order valence-electron chi connectivity index (χ3n) is 8.48. The Morgan fingerprint density at radius 2 is 1.92 bits per heavy atom. The Bertz CT molecular complexity index is 926. The SMILES string of the molecule is C=CCCCCOC(=O)[C@H]1[C@H]2C(=O)N([C@@H](CO)CC(C)C)C(C(=O)N(CC=C)C(C)(C)C)C23CC[C@]1(C)O3. The molecule has 3 aliphatic rings. The van der Waals surface area contributed by atoms with Gasteiger partial charge in [0.05, 0.1) is 30.8 Å². The van der Waals surface area contributed by atoms with Crippen molar-refractivity contribution in [3.05, 3.63) is 25.3 Å². The molecule has 2 bridgehead atoms. The highest BCUT2D eigenvalue weighted by Crippen LogP contribution is 2.64. The fraction of sp³-hybridized carbons (Fsp3) is 0.767. The number of esters is 1. The lowest BCUT2D eigenvalue weighted by atomic mass is 9.66. The van der Waals surface area contributed by atoms with Crippen LogP contribution in [0.25, 0.3) is 0 Å². The van der Waals surface area contributed by atoms with Gasteiger partial charge < -0.3 is 24.4 Å². The van der Waals surface area contributed by atoms with E-state index in [1.807, 2.05) is 47.6 Å². The standard InChI is InChI=1S/C30H48N2O6/c1-9-11-12-13-17-37-27(36)23-22-25(34)32(21(19-33)18-20(3)4)24(30(22)15-14-29(23,8)38-30)26(35)31(16-10-2)28(5,6)7/h9-10,20-24,33H,1-2,11-19H2,3-8H3/t21-,22+,23-,24?,29+,30?/m1/s1. The van der Waals surface area contributed by atoms with Gasteiger partial charge in [0.15, 0.2) is 0 Å². The van der Waals surface area contributed by atoms with Gasteiger partial charge >= 0.3 is 5.97 Å². The summed E-state index contributed by atoms with van der Waals surface area (Å²) < 4.78 is 12.4. The highest BCUT2D eigenvalue weighted by atomic mass is 16.6. The van der Waals surface area contributed by atoms with Gasteiger partial charge in [0, 0.05) is 12.1 Å². The minimum atomic E-state index is -1.15. The third kappa shape index (κ3) is 5.31. The lowest BCUT2D eigenvalue weighted by Crippen LogP contribution is -2.61. The second kappa shape index (κ2) is 11.5. The summed E-state index contributed by atoms with van der Waals surface area (Å²) in [5, 5.41) is 10.4. The largest absolute Gasteiger partial charge is 0.465 e. The molecule has 3 fully saturated rings. The predicted octanol–water partition coefficient (Wildman–Crippen LogP) is 3.87. The van der Waals surface area contributed by atoms with Gasteiger partial charge in [-0.1, -0.05) is 26.0 Å². The summed E-state index contributed by atoms with van der Waals surface area (Å²) in [6.07, 6.45) is 7.50. The molecule has 8 nitrogen and oxygen atoms in total. The van der Waals surface area contributed by atoms with Crippen LogP contribution < -0.4 is 0 Å². The first-order valence-electron chi connectivity index (χ1n) is 14.1. The summed E-state index contributed by atoms with van der Waals surface area (Å²) in [6.45, 7) is 19.6. The lowest BCUT2D eigenvalue weighted by Gasteiger charge is -2.43. The van der Waals surface area contributed by atoms with Crippen LogP contribution in [0.3, 0.4) is 0 Å². The number of unbranched alkanes of at least 4 members (excludes halogenated alkanes) is 2. The third-order valence-corrected chi connectivity index (χ3v) is 8.48. The number of allylic oxidation sites excluding steroid dienone is 1. The average molecular weight is 533 g/mol. The number of likely N-dealkylation sites (tertiary alicyclic amines) is 1. The number of carbonyl (C=O) groups excluding carboxylic acids is 3. The van der Waals surface area contributed by atoms with Crippen molar-refractivity contribution in [2.24, 2.45) is 17.8 Å². The van der Waals surface area contributed by atoms with Crippen LogP contribution >= 0.6 is 0 Å². The molecule has 1 spiro atoms. The van der Waals surface area contributed by atoms with Crippen molar-refractivity contribution < 1.29 is 29.0 Å². The van der Waals surface area contributed by atoms with E-state index in [9.17, 15) is 19.5 Å². The quantitative estimate of drug-likeness (QED) is 0.220. The molecule has 0 aromatic carbocycles. The van der Waals surface area contributed by atoms with Gasteiger partial charge in [-0.2, -0.15) is 0 Å². The molecule has 1 N–H and O–H groups in total. The zero-order valence-electron chi connectivity index (χ0n) is 24.2. The molecule has 0 saturated carbocycles. The first kappa shape index (κ1) is 30.4. The monoisotopic (exact) mass is 532 g/mol. The summed E-state index contributed by atoms with van der Waals surface area (Å²) >= 11 is 0. The number of amides is 2. The number of aliphatic hydroxyl groups excluding tert-OH is 1. The van der Waals surface area contributed by atoms with Gasteiger partial charge in [-0.25, -0.2) is 0 Å². The normalized spacial score (nSPS) is 30.9. The van der Waals surface area contributed by atoms with Crippen LogP contribution in [0.1, 0.15) is 80.1 Å². The second-order valence-corrected chi connectivity index (χ2v) is 12.8. The van der Waals surface area contributed by atoms with Crippen LogP contribution in [-0.4, -0.2) is 81.3 Å². The summed E-state index contributed by atoms with van der Waals surface area (Å²) in [6, 6.07) is -1.50. The number of fused-ring (bicyclic) bond motifs is 1. The van der Waals surface area contributed by atoms with Crippen molar-refractivity contribution in [2.75, 3.05) is 19.8 Å². The van der Waals surface area contributed by atoms with Crippen LogP contribution in [0.15, 0.2) is 25.3 Å². The first-order chi connectivity index (χ1) is 17.8. The van der Waals surface area contributed by atoms with Crippen molar-refractivity contribution in [3.8, 4) is 0 Å². The molecule has 3 heterocycles. The van der Waals surface area contributed by atoms with Crippen molar-refractivity contribution in [1.82, 2.24) is 9.80 Å². The molecular weight excluding hydrogens is 484 g/mol. The molecule has 8 heteroatoms. The van der Waals surface area contributed by atoms with Crippen LogP contribution in [0.5, 0.6) is 0 Å². The van der Waals surface area contributed by atoms with E-state index in [1.54, 1.807) is 15.9 Å². The Hall–Kier alpha value is -2.19. The number of carbonyl (C=O) groups is 3. The Labute approximate surface area is 228 Å². The maximum absolute atomic E-state index is 14.4. The van der Waals surface area contributed by atoms with E-state index in [0.29, 0.717) is 32.2 Å². The average Bonchev–Trinajstić information content (AvgIpc) is 3.40. The minimum Gasteiger partial charge on any atom is -0.465 e. The highest BCUT2D eigenvalue weighted by molar-refractivity contribution is 5.99. The van der Waals surface area contributed by atoms with E-state index in [1.165, 1.54) is 0 Å². The zero-order valence-corrected chi connectivity index (χ0v) is 24.2. The first-order valence-corrected chi connectivity index (χ1v) is 14.1. The Balaban J connectivity index is 2.05. The molecule has 3 saturated heterocycles. The molecule has 2 unspecified atom stereocenters. The molecule has 3 aliphatic heterocycles. The maximum Gasteiger partial charge on any atom is 0.312 e. The zero-order chi connectivity index (χ0) is 28.5. The summed E-state index contributed by atoms with van der Waals surface area (Å²) in [4.78, 5) is 45.5. The van der Waals surface area contributed by atoms with Crippen LogP contribution in [0, 0.1) is 17.8 Å². The number of hydrogen-bond acceptors (Lipinski definition) is 6. The predicted molar refractivity (Wildman–Crippen MR) is 146 cm³/mol. The van der Waals surface area contributed by atoms with Crippen molar-refractivity contribution in [3.63, 3.8) is 0 Å². The van der Waals surface area contributed by atoms with E-state index in [2.05, 4.69) is 13.2 Å². The molecule has 6 atom stereocenters. The molecular formula is C30H48N2O6. The van der Waals surface area contributed by atoms with Crippen molar-refractivity contribution >= 4 is 17.8 Å². The van der Waals surface area contributed by atoms with Crippen LogP contribution in [0.4, 0.5) is 0 Å². The lowest BCUT2D eigenvalue weighted by molar-refractivity contribution is -0.163. The van der Waals surface area contributed by atoms with Gasteiger partial charge in [-0.3, -0.25) is 14.4 Å². The van der Waals surface area contributed by atoms with E-state index in [4.69, 9.17) is 9.47 Å². The Kier molecular flexibility index (Phi) is 9.19. The molecule has 0 aromatic rings. The molecule has 0 radical (unpaired) electrons. The van der Waals surface area contributed by atoms with E-state index < -0.39 is 46.6 Å². The van der Waals surface area contributed by atoms with Crippen LogP contribution in [0.2, 0.25) is 0 Å². The van der Waals surface area contributed by atoms with E-state index >= 15 is 0 Å². The molecule has 0 aliphatic carbocycles. The second-order valence-electron chi connectivity index (χ2n) is 12.8. The highest BCUT2D eigenvalue weighted by Gasteiger charge is 2.79. The maximum atomic E-state index is 14.4. The minimum absolute atomic E-state index is 0.187. The summed E-state index contributed by atoms with van der Waals surface area (Å²) in [5.41, 5.74) is -2.57. The molecule has 214 valence electrons. The van der Waals surface area contributed by atoms with Gasteiger partial charge in [0.25, 0.3) is 0 Å². The van der Waals surface area contributed by atoms with Gasteiger partial charge in [-0.15, -0.1) is 13.2 Å². The Morgan fingerprint density at radius 1 is 1.24 bits per heavy atom. The fourth-order valence-electron chi connectivity index (χ4n) is 6.84. The topological polar surface area (TPSA) is 96.4 Å².